The average Bonchev–Trinajstić information content (AvgIpc) is 2.48. The maximum atomic E-state index is 12.1. The molecule has 2 N–H and O–H groups in total. The fourth-order valence-corrected chi connectivity index (χ4v) is 2.22. The summed E-state index contributed by atoms with van der Waals surface area (Å²) >= 11 is 0. The molecule has 7 heteroatoms. The molecule has 0 aliphatic rings. The van der Waals surface area contributed by atoms with Gasteiger partial charge in [0.15, 0.2) is 16.9 Å². The topological polar surface area (TPSA) is 98.0 Å². The van der Waals surface area contributed by atoms with E-state index >= 15 is 0 Å². The number of aromatic carboxylic acids is 1. The highest BCUT2D eigenvalue weighted by Gasteiger charge is 2.17. The summed E-state index contributed by atoms with van der Waals surface area (Å²) in [7, 11) is 2.89. The third kappa shape index (κ3) is 2.55. The molecule has 0 radical (unpaired) electrons. The highest BCUT2D eigenvalue weighted by molar-refractivity contribution is 5.91. The lowest BCUT2D eigenvalue weighted by molar-refractivity contribution is 0.0683. The molecule has 1 aromatic heterocycles. The number of carboxylic acids is 1. The highest BCUT2D eigenvalue weighted by atomic mass is 16.5. The van der Waals surface area contributed by atoms with Crippen molar-refractivity contribution in [2.45, 2.75) is 6.54 Å². The van der Waals surface area contributed by atoms with Crippen LogP contribution in [0.4, 0.5) is 0 Å². The standard InChI is InChI=1S/C14H15NO6/c1-20-12-5-8-9(7-13(12)21-2)15(3-4-16)10(14(18)19)6-11(8)17/h5-7,16H,3-4H2,1-2H3,(H,18,19). The number of hydrogen-bond donors (Lipinski definition) is 2. The van der Waals surface area contributed by atoms with Crippen LogP contribution >= 0.6 is 0 Å². The van der Waals surface area contributed by atoms with Crippen molar-refractivity contribution in [3.63, 3.8) is 0 Å². The van der Waals surface area contributed by atoms with Gasteiger partial charge in [0.1, 0.15) is 5.69 Å². The first kappa shape index (κ1) is 14.9. The van der Waals surface area contributed by atoms with E-state index in [2.05, 4.69) is 0 Å². The minimum atomic E-state index is -1.24. The summed E-state index contributed by atoms with van der Waals surface area (Å²) in [4.78, 5) is 23.4. The normalized spacial score (nSPS) is 10.6. The molecule has 0 saturated carbocycles. The van der Waals surface area contributed by atoms with E-state index in [1.165, 1.54) is 30.9 Å². The van der Waals surface area contributed by atoms with E-state index in [4.69, 9.17) is 14.6 Å². The predicted octanol–water partition coefficient (Wildman–Crippen LogP) is 0.709. The second kappa shape index (κ2) is 5.84. The number of carbonyl (C=O) groups is 1. The van der Waals surface area contributed by atoms with Gasteiger partial charge in [-0.3, -0.25) is 4.79 Å². The van der Waals surface area contributed by atoms with Gasteiger partial charge in [-0.2, -0.15) is 0 Å². The van der Waals surface area contributed by atoms with Gasteiger partial charge in [0.2, 0.25) is 0 Å². The van der Waals surface area contributed by atoms with Crippen LogP contribution in [-0.4, -0.2) is 41.6 Å². The van der Waals surface area contributed by atoms with Gasteiger partial charge < -0.3 is 24.3 Å². The fourth-order valence-electron chi connectivity index (χ4n) is 2.22. The van der Waals surface area contributed by atoms with Gasteiger partial charge in [-0.05, 0) is 6.07 Å². The Morgan fingerprint density at radius 2 is 1.81 bits per heavy atom. The van der Waals surface area contributed by atoms with E-state index in [1.54, 1.807) is 0 Å². The number of nitrogens with zero attached hydrogens (tertiary/aromatic N) is 1. The van der Waals surface area contributed by atoms with E-state index < -0.39 is 11.4 Å². The lowest BCUT2D eigenvalue weighted by atomic mass is 10.1. The molecule has 0 saturated heterocycles. The minimum absolute atomic E-state index is 0.0495. The highest BCUT2D eigenvalue weighted by Crippen LogP contribution is 2.31. The lowest BCUT2D eigenvalue weighted by Gasteiger charge is -2.15. The Bertz CT molecular complexity index is 749. The van der Waals surface area contributed by atoms with Crippen molar-refractivity contribution in [1.29, 1.82) is 0 Å². The van der Waals surface area contributed by atoms with Gasteiger partial charge in [0, 0.05) is 24.1 Å². The van der Waals surface area contributed by atoms with Crippen molar-refractivity contribution in [1.82, 2.24) is 4.57 Å². The van der Waals surface area contributed by atoms with Crippen LogP contribution in [0.25, 0.3) is 10.9 Å². The van der Waals surface area contributed by atoms with Crippen molar-refractivity contribution >= 4 is 16.9 Å². The van der Waals surface area contributed by atoms with Gasteiger partial charge in [0.25, 0.3) is 0 Å². The van der Waals surface area contributed by atoms with Crippen LogP contribution in [0, 0.1) is 0 Å². The largest absolute Gasteiger partial charge is 0.493 e. The second-order valence-corrected chi connectivity index (χ2v) is 4.30. The first-order valence-corrected chi connectivity index (χ1v) is 6.17. The molecule has 21 heavy (non-hydrogen) atoms. The molecule has 0 spiro atoms. The quantitative estimate of drug-likeness (QED) is 0.842. The molecule has 0 aliphatic heterocycles. The first-order chi connectivity index (χ1) is 10.0. The Labute approximate surface area is 120 Å². The molecular weight excluding hydrogens is 278 g/mol. The molecule has 112 valence electrons. The number of aliphatic hydroxyl groups excluding tert-OH is 1. The van der Waals surface area contributed by atoms with Gasteiger partial charge in [0.05, 0.1) is 26.3 Å². The van der Waals surface area contributed by atoms with Crippen molar-refractivity contribution in [2.24, 2.45) is 0 Å². The average molecular weight is 293 g/mol. The second-order valence-electron chi connectivity index (χ2n) is 4.30. The van der Waals surface area contributed by atoms with Crippen LogP contribution in [0.5, 0.6) is 11.5 Å². The van der Waals surface area contributed by atoms with Gasteiger partial charge in [-0.25, -0.2) is 4.79 Å². The molecule has 2 rings (SSSR count). The first-order valence-electron chi connectivity index (χ1n) is 6.17. The number of pyridine rings is 1. The summed E-state index contributed by atoms with van der Waals surface area (Å²) in [5.41, 5.74) is -0.252. The van der Waals surface area contributed by atoms with Crippen LogP contribution in [0.1, 0.15) is 10.5 Å². The van der Waals surface area contributed by atoms with E-state index in [0.717, 1.165) is 6.07 Å². The SMILES string of the molecule is COc1cc2c(=O)cc(C(=O)O)n(CCO)c2cc1OC. The predicted molar refractivity (Wildman–Crippen MR) is 75.4 cm³/mol. The third-order valence-corrected chi connectivity index (χ3v) is 3.16. The molecule has 0 atom stereocenters. The Balaban J connectivity index is 2.91. The number of carboxylic acid groups (broad SMARTS) is 1. The zero-order valence-electron chi connectivity index (χ0n) is 11.6. The molecule has 2 aromatic rings. The number of rotatable bonds is 5. The zero-order chi connectivity index (χ0) is 15.6. The van der Waals surface area contributed by atoms with E-state index in [0.29, 0.717) is 22.4 Å². The zero-order valence-corrected chi connectivity index (χ0v) is 11.6. The smallest absolute Gasteiger partial charge is 0.352 e. The van der Waals surface area contributed by atoms with Crippen LogP contribution in [0.15, 0.2) is 23.0 Å². The van der Waals surface area contributed by atoms with Crippen molar-refractivity contribution in [3.05, 3.63) is 34.1 Å². The lowest BCUT2D eigenvalue weighted by Crippen LogP contribution is -2.19. The Morgan fingerprint density at radius 1 is 1.19 bits per heavy atom. The van der Waals surface area contributed by atoms with Gasteiger partial charge in [-0.1, -0.05) is 0 Å². The van der Waals surface area contributed by atoms with E-state index in [1.807, 2.05) is 0 Å². The number of hydrogen-bond acceptors (Lipinski definition) is 5. The molecule has 7 nitrogen and oxygen atoms in total. The Hall–Kier alpha value is -2.54. The summed E-state index contributed by atoms with van der Waals surface area (Å²) in [5.74, 6) is -0.489. The minimum Gasteiger partial charge on any atom is -0.493 e. The van der Waals surface area contributed by atoms with Crippen LogP contribution in [-0.2, 0) is 6.54 Å². The number of benzene rings is 1. The maximum Gasteiger partial charge on any atom is 0.352 e. The van der Waals surface area contributed by atoms with E-state index in [-0.39, 0.29) is 18.8 Å². The Kier molecular flexibility index (Phi) is 4.13. The van der Waals surface area contributed by atoms with Gasteiger partial charge in [-0.15, -0.1) is 0 Å². The molecule has 0 bridgehead atoms. The monoisotopic (exact) mass is 293 g/mol. The van der Waals surface area contributed by atoms with Crippen molar-refractivity contribution < 1.29 is 24.5 Å². The number of aromatic nitrogens is 1. The van der Waals surface area contributed by atoms with Crippen LogP contribution in [0.2, 0.25) is 0 Å². The van der Waals surface area contributed by atoms with Crippen LogP contribution in [0.3, 0.4) is 0 Å². The number of fused-ring (bicyclic) bond motifs is 1. The van der Waals surface area contributed by atoms with Crippen LogP contribution < -0.4 is 14.9 Å². The molecule has 0 fully saturated rings. The molecule has 1 heterocycles. The summed E-state index contributed by atoms with van der Waals surface area (Å²) in [5, 5.41) is 18.6. The summed E-state index contributed by atoms with van der Waals surface area (Å²) in [6.07, 6.45) is 0. The number of ether oxygens (including phenoxy) is 2. The Morgan fingerprint density at radius 3 is 2.33 bits per heavy atom. The van der Waals surface area contributed by atoms with Crippen molar-refractivity contribution in [3.8, 4) is 11.5 Å². The maximum absolute atomic E-state index is 12.1. The fraction of sp³-hybridized carbons (Fsp3) is 0.286. The molecular formula is C14H15NO6. The summed E-state index contributed by atoms with van der Waals surface area (Å²) < 4.78 is 11.7. The molecule has 0 unspecified atom stereocenters. The number of aliphatic hydroxyl groups is 1. The third-order valence-electron chi connectivity index (χ3n) is 3.16. The number of methoxy groups -OCH3 is 2. The van der Waals surface area contributed by atoms with Crippen molar-refractivity contribution in [2.75, 3.05) is 20.8 Å². The molecule has 1 aromatic carbocycles. The van der Waals surface area contributed by atoms with Gasteiger partial charge >= 0.3 is 5.97 Å². The van der Waals surface area contributed by atoms with E-state index in [9.17, 15) is 14.7 Å². The summed E-state index contributed by atoms with van der Waals surface area (Å²) in [6, 6.07) is 4.06. The summed E-state index contributed by atoms with van der Waals surface area (Å²) in [6.45, 7) is -0.208. The molecule has 0 amide bonds. The molecule has 0 aliphatic carbocycles.